The van der Waals surface area contributed by atoms with Crippen LogP contribution >= 0.6 is 0 Å². The minimum atomic E-state index is -1.09. The molecule has 1 aromatic heterocycles. The number of piperidine rings is 1. The molecule has 2 aromatic carbocycles. The lowest BCUT2D eigenvalue weighted by molar-refractivity contribution is -0.137. The van der Waals surface area contributed by atoms with Crippen molar-refractivity contribution in [3.8, 4) is 0 Å². The van der Waals surface area contributed by atoms with Crippen LogP contribution in [0.3, 0.4) is 0 Å². The summed E-state index contributed by atoms with van der Waals surface area (Å²) in [4.78, 5) is 79.1. The molecule has 0 radical (unpaired) electrons. The quantitative estimate of drug-likeness (QED) is 0.241. The summed E-state index contributed by atoms with van der Waals surface area (Å²) in [6.07, 6.45) is 2.68. The molecule has 0 saturated carbocycles. The Hall–Kier alpha value is -5.33. The van der Waals surface area contributed by atoms with E-state index >= 15 is 0 Å². The molecule has 5 rings (SSSR count). The Balaban J connectivity index is 1.38. The summed E-state index contributed by atoms with van der Waals surface area (Å²) in [5.41, 5.74) is 1.60. The number of nitrogens with one attached hydrogen (secondary N) is 3. The lowest BCUT2D eigenvalue weighted by Crippen LogP contribution is -2.54. The fourth-order valence-electron chi connectivity index (χ4n) is 5.26. The van der Waals surface area contributed by atoms with Gasteiger partial charge in [0, 0.05) is 37.1 Å². The molecule has 3 aromatic rings. The zero-order valence-corrected chi connectivity index (χ0v) is 22.7. The standard InChI is InChI=1S/C29H28N6O7/c1-3-23(37)34(25(27(39)30-4-2)16-8-10-21-17(14-16)15-32-42-21)13-12-31-19-7-5-6-18-24(19)29(41)35(28(18)40)20-9-11-22(36)33-26(20)38/h3,5-8,10,14-15,20,25,31H,1,4,9,11-13H2,2H3,(H,30,39)(H,33,36,38). The van der Waals surface area contributed by atoms with E-state index in [1.807, 2.05) is 0 Å². The molecule has 13 heteroatoms. The third-order valence-corrected chi connectivity index (χ3v) is 7.20. The van der Waals surface area contributed by atoms with E-state index < -0.39 is 47.5 Å². The van der Waals surface area contributed by atoms with Crippen LogP contribution < -0.4 is 16.0 Å². The number of hydrogen-bond donors (Lipinski definition) is 3. The second-order valence-corrected chi connectivity index (χ2v) is 9.76. The maximum atomic E-state index is 13.4. The molecule has 0 aliphatic carbocycles. The van der Waals surface area contributed by atoms with Crippen LogP contribution in [0.1, 0.15) is 52.1 Å². The summed E-state index contributed by atoms with van der Waals surface area (Å²) >= 11 is 0. The highest BCUT2D eigenvalue weighted by Gasteiger charge is 2.45. The zero-order chi connectivity index (χ0) is 30.0. The third kappa shape index (κ3) is 5.11. The Bertz CT molecular complexity index is 1630. The predicted octanol–water partition coefficient (Wildman–Crippen LogP) is 1.53. The van der Waals surface area contributed by atoms with Crippen LogP contribution in [0.15, 0.2) is 59.8 Å². The Kier molecular flexibility index (Phi) is 7.82. The second kappa shape index (κ2) is 11.6. The summed E-state index contributed by atoms with van der Waals surface area (Å²) in [6, 6.07) is 7.67. The van der Waals surface area contributed by atoms with Crippen molar-refractivity contribution in [1.82, 2.24) is 25.6 Å². The molecule has 42 heavy (non-hydrogen) atoms. The van der Waals surface area contributed by atoms with Crippen molar-refractivity contribution < 1.29 is 33.3 Å². The first-order chi connectivity index (χ1) is 20.2. The number of hydrogen-bond acceptors (Lipinski definition) is 9. The van der Waals surface area contributed by atoms with Crippen molar-refractivity contribution in [3.05, 3.63) is 71.9 Å². The van der Waals surface area contributed by atoms with Crippen LogP contribution in [-0.4, -0.2) is 76.1 Å². The van der Waals surface area contributed by atoms with Crippen molar-refractivity contribution in [1.29, 1.82) is 0 Å². The van der Waals surface area contributed by atoms with Crippen molar-refractivity contribution >= 4 is 52.1 Å². The van der Waals surface area contributed by atoms with Crippen LogP contribution in [0.5, 0.6) is 0 Å². The number of nitrogens with zero attached hydrogens (tertiary/aromatic N) is 3. The second-order valence-electron chi connectivity index (χ2n) is 9.76. The number of aromatic nitrogens is 1. The summed E-state index contributed by atoms with van der Waals surface area (Å²) in [6.45, 7) is 5.83. The van der Waals surface area contributed by atoms with Gasteiger partial charge in [-0.3, -0.25) is 39.0 Å². The Morgan fingerprint density at radius 3 is 2.76 bits per heavy atom. The third-order valence-electron chi connectivity index (χ3n) is 7.20. The maximum Gasteiger partial charge on any atom is 0.264 e. The van der Waals surface area contributed by atoms with E-state index in [0.29, 0.717) is 28.8 Å². The average molecular weight is 573 g/mol. The van der Waals surface area contributed by atoms with Crippen LogP contribution in [0, 0.1) is 0 Å². The van der Waals surface area contributed by atoms with Crippen LogP contribution in [-0.2, 0) is 19.2 Å². The molecule has 3 N–H and O–H groups in total. The van der Waals surface area contributed by atoms with E-state index in [1.54, 1.807) is 37.3 Å². The van der Waals surface area contributed by atoms with Crippen LogP contribution in [0.25, 0.3) is 11.0 Å². The first-order valence-corrected chi connectivity index (χ1v) is 13.4. The van der Waals surface area contributed by atoms with Gasteiger partial charge in [-0.05, 0) is 49.2 Å². The summed E-state index contributed by atoms with van der Waals surface area (Å²) < 4.78 is 5.16. The highest BCUT2D eigenvalue weighted by Crippen LogP contribution is 2.32. The summed E-state index contributed by atoms with van der Waals surface area (Å²) in [7, 11) is 0. The topological polar surface area (TPSA) is 171 Å². The van der Waals surface area contributed by atoms with E-state index in [4.69, 9.17) is 4.52 Å². The molecule has 0 spiro atoms. The fourth-order valence-corrected chi connectivity index (χ4v) is 5.26. The van der Waals surface area contributed by atoms with Gasteiger partial charge in [-0.2, -0.15) is 0 Å². The zero-order valence-electron chi connectivity index (χ0n) is 22.7. The molecule has 6 amide bonds. The van der Waals surface area contributed by atoms with Gasteiger partial charge in [0.05, 0.1) is 17.3 Å². The van der Waals surface area contributed by atoms with Gasteiger partial charge >= 0.3 is 0 Å². The Labute approximate surface area is 239 Å². The van der Waals surface area contributed by atoms with Gasteiger partial charge in [-0.25, -0.2) is 0 Å². The number of benzene rings is 2. The Morgan fingerprint density at radius 1 is 1.21 bits per heavy atom. The van der Waals surface area contributed by atoms with E-state index in [0.717, 1.165) is 11.0 Å². The lowest BCUT2D eigenvalue weighted by Gasteiger charge is -2.31. The molecule has 216 valence electrons. The minimum absolute atomic E-state index is 0.0128. The number of rotatable bonds is 10. The number of anilines is 1. The van der Waals surface area contributed by atoms with Crippen molar-refractivity contribution in [2.24, 2.45) is 0 Å². The van der Waals surface area contributed by atoms with Gasteiger partial charge in [0.25, 0.3) is 11.8 Å². The first kappa shape index (κ1) is 28.2. The molecule has 0 bridgehead atoms. The normalized spacial score (nSPS) is 17.1. The van der Waals surface area contributed by atoms with Gasteiger partial charge in [-0.15, -0.1) is 0 Å². The summed E-state index contributed by atoms with van der Waals surface area (Å²) in [5, 5.41) is 12.5. The van der Waals surface area contributed by atoms with Crippen molar-refractivity contribution in [2.45, 2.75) is 31.8 Å². The maximum absolute atomic E-state index is 13.4. The number of imide groups is 2. The molecule has 1 fully saturated rings. The fraction of sp³-hybridized carbons (Fsp3) is 0.276. The smallest absolute Gasteiger partial charge is 0.264 e. The van der Waals surface area contributed by atoms with Gasteiger partial charge in [0.2, 0.25) is 23.6 Å². The SMILES string of the molecule is C=CC(=O)N(CCNc1cccc2c1C(=O)N(C1CCC(=O)NC1=O)C2=O)C(C(=O)NCC)c1ccc2oncc2c1. The average Bonchev–Trinajstić information content (AvgIpc) is 3.54. The predicted molar refractivity (Wildman–Crippen MR) is 149 cm³/mol. The minimum Gasteiger partial charge on any atom is -0.383 e. The number of amides is 6. The molecular formula is C29H28N6O7. The molecule has 2 aliphatic heterocycles. The molecule has 2 unspecified atom stereocenters. The number of likely N-dealkylation sites (N-methyl/N-ethyl adjacent to an activating group) is 1. The van der Waals surface area contributed by atoms with Crippen LogP contribution in [0.4, 0.5) is 5.69 Å². The van der Waals surface area contributed by atoms with Crippen molar-refractivity contribution in [3.63, 3.8) is 0 Å². The summed E-state index contributed by atoms with van der Waals surface area (Å²) in [5.74, 6) is -3.33. The van der Waals surface area contributed by atoms with Gasteiger partial charge in [0.15, 0.2) is 5.58 Å². The number of fused-ring (bicyclic) bond motifs is 2. The lowest BCUT2D eigenvalue weighted by atomic mass is 10.0. The van der Waals surface area contributed by atoms with E-state index in [1.165, 1.54) is 17.2 Å². The van der Waals surface area contributed by atoms with Gasteiger partial charge in [-0.1, -0.05) is 23.9 Å². The molecule has 1 saturated heterocycles. The molecular weight excluding hydrogens is 544 g/mol. The molecule has 2 atom stereocenters. The first-order valence-electron chi connectivity index (χ1n) is 13.4. The largest absolute Gasteiger partial charge is 0.383 e. The molecule has 13 nitrogen and oxygen atoms in total. The monoisotopic (exact) mass is 572 g/mol. The molecule has 2 aliphatic rings. The van der Waals surface area contributed by atoms with E-state index in [-0.39, 0.29) is 37.1 Å². The highest BCUT2D eigenvalue weighted by molar-refractivity contribution is 6.25. The van der Waals surface area contributed by atoms with Crippen molar-refractivity contribution in [2.75, 3.05) is 25.0 Å². The van der Waals surface area contributed by atoms with E-state index in [2.05, 4.69) is 27.7 Å². The molecule has 3 heterocycles. The number of carbonyl (C=O) groups is 6. The van der Waals surface area contributed by atoms with Crippen LogP contribution in [0.2, 0.25) is 0 Å². The Morgan fingerprint density at radius 2 is 2.02 bits per heavy atom. The van der Waals surface area contributed by atoms with Gasteiger partial charge < -0.3 is 20.1 Å². The van der Waals surface area contributed by atoms with Gasteiger partial charge in [0.1, 0.15) is 12.1 Å². The van der Waals surface area contributed by atoms with E-state index in [9.17, 15) is 28.8 Å². The highest BCUT2D eigenvalue weighted by atomic mass is 16.5. The number of carbonyl (C=O) groups excluding carboxylic acids is 6.